The van der Waals surface area contributed by atoms with E-state index in [1.54, 1.807) is 45.5 Å². The number of ether oxygens (including phenoxy) is 1. The Morgan fingerprint density at radius 1 is 1.08 bits per heavy atom. The number of hydrogen-bond acceptors (Lipinski definition) is 9. The van der Waals surface area contributed by atoms with Gasteiger partial charge in [0.25, 0.3) is 11.8 Å². The molecule has 4 N–H and O–H groups in total. The quantitative estimate of drug-likeness (QED) is 0.432. The van der Waals surface area contributed by atoms with E-state index in [1.807, 2.05) is 0 Å². The predicted octanol–water partition coefficient (Wildman–Crippen LogP) is 3.08. The Hall–Kier alpha value is -4.25. The third-order valence-electron chi connectivity index (χ3n) is 7.07. The fourth-order valence-corrected chi connectivity index (χ4v) is 5.09. The average Bonchev–Trinajstić information content (AvgIpc) is 2.91. The summed E-state index contributed by atoms with van der Waals surface area (Å²) in [4.78, 5) is 32.7. The highest BCUT2D eigenvalue weighted by Crippen LogP contribution is 2.36. The van der Waals surface area contributed by atoms with Crippen molar-refractivity contribution in [1.29, 1.82) is 0 Å². The molecule has 11 nitrogen and oxygen atoms in total. The number of nitrogens with two attached hydrogens (primary N) is 1. The minimum absolute atomic E-state index is 0.0995. The lowest BCUT2D eigenvalue weighted by molar-refractivity contribution is 0.0827. The number of fused-ring (bicyclic) bond motifs is 2. The summed E-state index contributed by atoms with van der Waals surface area (Å²) >= 11 is 0. The molecule has 3 aromatic rings. The van der Waals surface area contributed by atoms with Gasteiger partial charge in [0.1, 0.15) is 5.75 Å². The van der Waals surface area contributed by atoms with Crippen LogP contribution in [-0.4, -0.2) is 70.6 Å². The molecule has 1 atom stereocenters. The SMILES string of the molecule is COc1cc2c(cc1Nc1nnc(C(N)=O)c(Nc3ccc(C(=O)N(C)C)cc3)n1)CN1CCCCC1C2. The molecule has 2 aliphatic heterocycles. The lowest BCUT2D eigenvalue weighted by Crippen LogP contribution is -2.43. The zero-order valence-electron chi connectivity index (χ0n) is 21.8. The number of nitrogens with one attached hydrogen (secondary N) is 2. The highest BCUT2D eigenvalue weighted by Gasteiger charge is 2.29. The van der Waals surface area contributed by atoms with E-state index in [9.17, 15) is 9.59 Å². The van der Waals surface area contributed by atoms with E-state index in [2.05, 4.69) is 42.8 Å². The summed E-state index contributed by atoms with van der Waals surface area (Å²) in [5, 5.41) is 14.4. The zero-order chi connectivity index (χ0) is 26.8. The Bertz CT molecular complexity index is 1360. The maximum atomic E-state index is 12.2. The number of piperidine rings is 1. The third-order valence-corrected chi connectivity index (χ3v) is 7.07. The van der Waals surface area contributed by atoms with Gasteiger partial charge in [-0.15, -0.1) is 10.2 Å². The standard InChI is InChI=1S/C27H32N8O3/c1-34(2)26(37)16-7-9-19(10-8-16)29-25-23(24(28)36)32-33-27(31-25)30-21-13-18-15-35-11-5-4-6-20(35)12-17(18)14-22(21)38-3/h7-10,13-14,20H,4-6,11-12,15H2,1-3H3,(H2,28,36)(H2,29,30,31,33). The molecular formula is C27H32N8O3. The van der Waals surface area contributed by atoms with Crippen molar-refractivity contribution >= 4 is 35.0 Å². The maximum absolute atomic E-state index is 12.2. The van der Waals surface area contributed by atoms with E-state index in [0.717, 1.165) is 19.5 Å². The number of amides is 2. The van der Waals surface area contributed by atoms with Gasteiger partial charge in [0.15, 0.2) is 11.5 Å². The number of rotatable bonds is 7. The lowest BCUT2D eigenvalue weighted by atomic mass is 9.88. The number of benzene rings is 2. The first kappa shape index (κ1) is 25.4. The molecule has 5 rings (SSSR count). The van der Waals surface area contributed by atoms with Crippen LogP contribution in [-0.2, 0) is 13.0 Å². The van der Waals surface area contributed by atoms with E-state index in [-0.39, 0.29) is 23.4 Å². The molecule has 0 spiro atoms. The second-order valence-corrected chi connectivity index (χ2v) is 9.87. The number of hydrogen-bond donors (Lipinski definition) is 3. The van der Waals surface area contributed by atoms with Crippen molar-refractivity contribution in [3.63, 3.8) is 0 Å². The van der Waals surface area contributed by atoms with E-state index in [4.69, 9.17) is 10.5 Å². The van der Waals surface area contributed by atoms with Gasteiger partial charge in [0.2, 0.25) is 5.95 Å². The Morgan fingerprint density at radius 2 is 1.87 bits per heavy atom. The van der Waals surface area contributed by atoms with E-state index in [0.29, 0.717) is 28.7 Å². The largest absolute Gasteiger partial charge is 0.495 e. The predicted molar refractivity (Wildman–Crippen MR) is 144 cm³/mol. The summed E-state index contributed by atoms with van der Waals surface area (Å²) in [5.41, 5.74) is 9.84. The van der Waals surface area contributed by atoms with Crippen molar-refractivity contribution in [1.82, 2.24) is 25.0 Å². The molecule has 2 aliphatic rings. The summed E-state index contributed by atoms with van der Waals surface area (Å²) in [6.07, 6.45) is 4.78. The number of anilines is 4. The van der Waals surface area contributed by atoms with Gasteiger partial charge in [-0.05, 0) is 73.3 Å². The van der Waals surface area contributed by atoms with Crippen LogP contribution in [0.2, 0.25) is 0 Å². The molecule has 1 aromatic heterocycles. The van der Waals surface area contributed by atoms with E-state index < -0.39 is 5.91 Å². The van der Waals surface area contributed by atoms with Gasteiger partial charge < -0.3 is 26.0 Å². The van der Waals surface area contributed by atoms with Crippen molar-refractivity contribution in [2.75, 3.05) is 38.4 Å². The molecule has 11 heteroatoms. The van der Waals surface area contributed by atoms with Crippen LogP contribution in [0.4, 0.5) is 23.1 Å². The zero-order valence-corrected chi connectivity index (χ0v) is 21.8. The molecule has 198 valence electrons. The van der Waals surface area contributed by atoms with Gasteiger partial charge in [-0.25, -0.2) is 0 Å². The molecule has 3 heterocycles. The summed E-state index contributed by atoms with van der Waals surface area (Å²) in [6.45, 7) is 2.03. The molecule has 0 aliphatic carbocycles. The molecule has 38 heavy (non-hydrogen) atoms. The smallest absolute Gasteiger partial charge is 0.273 e. The second-order valence-electron chi connectivity index (χ2n) is 9.87. The monoisotopic (exact) mass is 516 g/mol. The van der Waals surface area contributed by atoms with Crippen LogP contribution in [0.1, 0.15) is 51.2 Å². The van der Waals surface area contributed by atoms with Crippen LogP contribution in [0, 0.1) is 0 Å². The summed E-state index contributed by atoms with van der Waals surface area (Å²) in [6, 6.07) is 11.6. The maximum Gasteiger partial charge on any atom is 0.273 e. The number of carbonyl (C=O) groups is 2. The van der Waals surface area contributed by atoms with Gasteiger partial charge in [0.05, 0.1) is 12.8 Å². The first-order valence-electron chi connectivity index (χ1n) is 12.7. The Kier molecular flexibility index (Phi) is 7.10. The normalized spacial score (nSPS) is 16.7. The van der Waals surface area contributed by atoms with Crippen molar-refractivity contribution in [3.05, 3.63) is 58.8 Å². The molecule has 1 unspecified atom stereocenters. The number of primary amides is 1. The van der Waals surface area contributed by atoms with Gasteiger partial charge in [-0.3, -0.25) is 14.5 Å². The van der Waals surface area contributed by atoms with Crippen LogP contribution in [0.5, 0.6) is 5.75 Å². The van der Waals surface area contributed by atoms with Gasteiger partial charge >= 0.3 is 0 Å². The molecule has 2 aromatic carbocycles. The molecule has 1 fully saturated rings. The minimum atomic E-state index is -0.763. The first-order chi connectivity index (χ1) is 18.3. The van der Waals surface area contributed by atoms with Crippen molar-refractivity contribution in [3.8, 4) is 5.75 Å². The molecule has 0 bridgehead atoms. The van der Waals surface area contributed by atoms with Gasteiger partial charge in [0, 0.05) is 37.9 Å². The molecule has 1 saturated heterocycles. The van der Waals surface area contributed by atoms with Gasteiger partial charge in [-0.2, -0.15) is 4.98 Å². The van der Waals surface area contributed by atoms with Crippen LogP contribution in [0.3, 0.4) is 0 Å². The minimum Gasteiger partial charge on any atom is -0.495 e. The van der Waals surface area contributed by atoms with E-state index in [1.165, 1.54) is 35.3 Å². The van der Waals surface area contributed by atoms with Crippen LogP contribution < -0.4 is 21.1 Å². The molecule has 0 saturated carbocycles. The summed E-state index contributed by atoms with van der Waals surface area (Å²) in [7, 11) is 5.02. The highest BCUT2D eigenvalue weighted by molar-refractivity contribution is 5.96. The fourth-order valence-electron chi connectivity index (χ4n) is 5.09. The van der Waals surface area contributed by atoms with Crippen molar-refractivity contribution in [2.45, 2.75) is 38.3 Å². The number of carbonyl (C=O) groups excluding carboxylic acids is 2. The van der Waals surface area contributed by atoms with E-state index >= 15 is 0 Å². The Morgan fingerprint density at radius 3 is 2.58 bits per heavy atom. The molecular weight excluding hydrogens is 484 g/mol. The number of aromatic nitrogens is 3. The third kappa shape index (κ3) is 5.23. The fraction of sp³-hybridized carbons (Fsp3) is 0.370. The highest BCUT2D eigenvalue weighted by atomic mass is 16.5. The second kappa shape index (κ2) is 10.6. The molecule has 0 radical (unpaired) electrons. The lowest BCUT2D eigenvalue weighted by Gasteiger charge is -2.40. The summed E-state index contributed by atoms with van der Waals surface area (Å²) in [5.74, 6) is 0.142. The molecule has 2 amide bonds. The first-order valence-corrected chi connectivity index (χ1v) is 12.7. The van der Waals surface area contributed by atoms with Crippen LogP contribution in [0.15, 0.2) is 36.4 Å². The summed E-state index contributed by atoms with van der Waals surface area (Å²) < 4.78 is 5.68. The number of nitrogens with zero attached hydrogens (tertiary/aromatic N) is 5. The van der Waals surface area contributed by atoms with Crippen molar-refractivity contribution in [2.24, 2.45) is 5.73 Å². The average molecular weight is 517 g/mol. The Labute approximate surface area is 221 Å². The van der Waals surface area contributed by atoms with Gasteiger partial charge in [-0.1, -0.05) is 6.42 Å². The topological polar surface area (TPSA) is 139 Å². The number of methoxy groups -OCH3 is 1. The van der Waals surface area contributed by atoms with Crippen molar-refractivity contribution < 1.29 is 14.3 Å². The van der Waals surface area contributed by atoms with Crippen LogP contribution >= 0.6 is 0 Å². The van der Waals surface area contributed by atoms with Crippen LogP contribution in [0.25, 0.3) is 0 Å². The Balaban J connectivity index is 1.41.